The fraction of sp³-hybridized carbons (Fsp3) is 0.154. The second-order valence-electron chi connectivity index (χ2n) is 3.78. The van der Waals surface area contributed by atoms with Gasteiger partial charge in [-0.05, 0) is 48.2 Å². The molecule has 0 unspecified atom stereocenters. The van der Waals surface area contributed by atoms with E-state index in [1.165, 1.54) is 6.07 Å². The van der Waals surface area contributed by atoms with Gasteiger partial charge in [0, 0.05) is 6.20 Å². The van der Waals surface area contributed by atoms with Gasteiger partial charge in [-0.2, -0.15) is 0 Å². The molecule has 0 amide bonds. The van der Waals surface area contributed by atoms with Crippen LogP contribution in [0, 0.1) is 11.6 Å². The lowest BCUT2D eigenvalue weighted by Crippen LogP contribution is -2.00. The van der Waals surface area contributed by atoms with Crippen molar-refractivity contribution in [1.82, 2.24) is 4.98 Å². The van der Waals surface area contributed by atoms with Crippen LogP contribution < -0.4 is 5.73 Å². The maximum absolute atomic E-state index is 13.4. The highest BCUT2D eigenvalue weighted by Crippen LogP contribution is 2.15. The zero-order chi connectivity index (χ0) is 12.3. The fourth-order valence-electron chi connectivity index (χ4n) is 1.67. The smallest absolute Gasteiger partial charge is 0.126 e. The maximum Gasteiger partial charge on any atom is 0.126 e. The summed E-state index contributed by atoms with van der Waals surface area (Å²) < 4.78 is 26.3. The van der Waals surface area contributed by atoms with Crippen LogP contribution in [0.25, 0.3) is 0 Å². The highest BCUT2D eigenvalue weighted by molar-refractivity contribution is 5.39. The van der Waals surface area contributed by atoms with Crippen molar-refractivity contribution in [2.75, 3.05) is 5.73 Å². The zero-order valence-corrected chi connectivity index (χ0v) is 9.16. The van der Waals surface area contributed by atoms with Crippen molar-refractivity contribution in [1.29, 1.82) is 0 Å². The molecule has 2 nitrogen and oxygen atoms in total. The number of rotatable bonds is 3. The normalized spacial score (nSPS) is 10.5. The van der Waals surface area contributed by atoms with Crippen LogP contribution in [-0.2, 0) is 12.8 Å². The molecule has 1 heterocycles. The predicted octanol–water partition coefficient (Wildman–Crippen LogP) is 2.73. The predicted molar refractivity (Wildman–Crippen MR) is 62.4 cm³/mol. The average Bonchev–Trinajstić information content (AvgIpc) is 2.32. The van der Waals surface area contributed by atoms with Gasteiger partial charge in [-0.3, -0.25) is 0 Å². The molecule has 2 N–H and O–H groups in total. The molecule has 1 aromatic carbocycles. The van der Waals surface area contributed by atoms with Crippen LogP contribution >= 0.6 is 0 Å². The third kappa shape index (κ3) is 2.78. The Labute approximate surface area is 98.1 Å². The molecule has 0 fully saturated rings. The van der Waals surface area contributed by atoms with E-state index in [4.69, 9.17) is 5.73 Å². The van der Waals surface area contributed by atoms with Gasteiger partial charge in [0.05, 0.1) is 0 Å². The number of aryl methyl sites for hydroxylation is 2. The lowest BCUT2D eigenvalue weighted by Gasteiger charge is -2.05. The van der Waals surface area contributed by atoms with E-state index in [1.807, 2.05) is 6.07 Å². The Morgan fingerprint density at radius 2 is 1.82 bits per heavy atom. The first-order valence-corrected chi connectivity index (χ1v) is 5.30. The van der Waals surface area contributed by atoms with Crippen LogP contribution in [0.3, 0.4) is 0 Å². The fourth-order valence-corrected chi connectivity index (χ4v) is 1.67. The van der Waals surface area contributed by atoms with Crippen LogP contribution in [-0.4, -0.2) is 4.98 Å². The lowest BCUT2D eigenvalue weighted by atomic mass is 10.0. The monoisotopic (exact) mass is 234 g/mol. The Morgan fingerprint density at radius 1 is 1.06 bits per heavy atom. The number of hydrogen-bond donors (Lipinski definition) is 1. The second kappa shape index (κ2) is 4.91. The van der Waals surface area contributed by atoms with E-state index < -0.39 is 11.6 Å². The molecule has 0 aliphatic rings. The minimum Gasteiger partial charge on any atom is -0.383 e. The van der Waals surface area contributed by atoms with Crippen molar-refractivity contribution in [3.8, 4) is 0 Å². The third-order valence-electron chi connectivity index (χ3n) is 2.60. The van der Waals surface area contributed by atoms with Crippen LogP contribution in [0.4, 0.5) is 14.6 Å². The van der Waals surface area contributed by atoms with Gasteiger partial charge >= 0.3 is 0 Å². The molecule has 0 atom stereocenters. The molecular weight excluding hydrogens is 222 g/mol. The number of halogens is 2. The molecule has 88 valence electrons. The molecule has 2 aromatic rings. The molecule has 2 rings (SSSR count). The highest BCUT2D eigenvalue weighted by Gasteiger charge is 2.05. The molecule has 0 bridgehead atoms. The van der Waals surface area contributed by atoms with Crippen LogP contribution in [0.1, 0.15) is 11.1 Å². The lowest BCUT2D eigenvalue weighted by molar-refractivity contribution is 0.584. The number of anilines is 1. The van der Waals surface area contributed by atoms with E-state index in [0.29, 0.717) is 24.2 Å². The topological polar surface area (TPSA) is 38.9 Å². The van der Waals surface area contributed by atoms with Crippen molar-refractivity contribution >= 4 is 5.82 Å². The number of benzene rings is 1. The highest BCUT2D eigenvalue weighted by atomic mass is 19.1. The average molecular weight is 234 g/mol. The Morgan fingerprint density at radius 3 is 2.59 bits per heavy atom. The van der Waals surface area contributed by atoms with Gasteiger partial charge in [0.25, 0.3) is 0 Å². The van der Waals surface area contributed by atoms with Gasteiger partial charge in [-0.1, -0.05) is 6.07 Å². The summed E-state index contributed by atoms with van der Waals surface area (Å²) >= 11 is 0. The van der Waals surface area contributed by atoms with Crippen LogP contribution in [0.2, 0.25) is 0 Å². The summed E-state index contributed by atoms with van der Waals surface area (Å²) in [4.78, 5) is 3.94. The summed E-state index contributed by atoms with van der Waals surface area (Å²) in [6.45, 7) is 0. The SMILES string of the molecule is Nc1ncccc1CCc1cc(F)ccc1F. The van der Waals surface area contributed by atoms with Gasteiger partial charge in [0.1, 0.15) is 17.5 Å². The third-order valence-corrected chi connectivity index (χ3v) is 2.60. The van der Waals surface area contributed by atoms with Gasteiger partial charge in [0.2, 0.25) is 0 Å². The largest absolute Gasteiger partial charge is 0.383 e. The first-order chi connectivity index (χ1) is 8.16. The number of nitrogens with two attached hydrogens (primary N) is 1. The van der Waals surface area contributed by atoms with E-state index in [2.05, 4.69) is 4.98 Å². The number of hydrogen-bond acceptors (Lipinski definition) is 2. The molecule has 0 spiro atoms. The molecule has 4 heteroatoms. The first kappa shape index (κ1) is 11.5. The Bertz CT molecular complexity index is 527. The summed E-state index contributed by atoms with van der Waals surface area (Å²) in [6.07, 6.45) is 2.54. The Kier molecular flexibility index (Phi) is 3.32. The maximum atomic E-state index is 13.4. The summed E-state index contributed by atoms with van der Waals surface area (Å²) in [5, 5.41) is 0. The second-order valence-corrected chi connectivity index (χ2v) is 3.78. The first-order valence-electron chi connectivity index (χ1n) is 5.30. The van der Waals surface area contributed by atoms with E-state index in [1.54, 1.807) is 12.3 Å². The summed E-state index contributed by atoms with van der Waals surface area (Å²) in [5.41, 5.74) is 6.87. The zero-order valence-electron chi connectivity index (χ0n) is 9.16. The van der Waals surface area contributed by atoms with Gasteiger partial charge in [-0.15, -0.1) is 0 Å². The quantitative estimate of drug-likeness (QED) is 0.886. The molecule has 0 saturated carbocycles. The number of nitrogens with zero attached hydrogens (tertiary/aromatic N) is 1. The van der Waals surface area contributed by atoms with Gasteiger partial charge in [-0.25, -0.2) is 13.8 Å². The Balaban J connectivity index is 2.12. The summed E-state index contributed by atoms with van der Waals surface area (Å²) in [5.74, 6) is -0.390. The minimum absolute atomic E-state index is 0.355. The molecule has 0 aliphatic heterocycles. The molecule has 0 aliphatic carbocycles. The molecular formula is C13H12F2N2. The van der Waals surface area contributed by atoms with Crippen LogP contribution in [0.15, 0.2) is 36.5 Å². The van der Waals surface area contributed by atoms with Crippen molar-refractivity contribution in [3.05, 3.63) is 59.3 Å². The summed E-state index contributed by atoms with van der Waals surface area (Å²) in [6, 6.07) is 7.06. The minimum atomic E-state index is -0.430. The molecule has 0 radical (unpaired) electrons. The molecule has 1 aromatic heterocycles. The van der Waals surface area contributed by atoms with E-state index >= 15 is 0 Å². The van der Waals surface area contributed by atoms with Gasteiger partial charge < -0.3 is 5.73 Å². The number of aromatic nitrogens is 1. The van der Waals surface area contributed by atoms with E-state index in [-0.39, 0.29) is 0 Å². The van der Waals surface area contributed by atoms with Crippen LogP contribution in [0.5, 0.6) is 0 Å². The summed E-state index contributed by atoms with van der Waals surface area (Å²) in [7, 11) is 0. The molecule has 17 heavy (non-hydrogen) atoms. The van der Waals surface area contributed by atoms with Crippen molar-refractivity contribution < 1.29 is 8.78 Å². The van der Waals surface area contributed by atoms with Crippen molar-refractivity contribution in [2.24, 2.45) is 0 Å². The molecule has 0 saturated heterocycles. The van der Waals surface area contributed by atoms with E-state index in [9.17, 15) is 8.78 Å². The van der Waals surface area contributed by atoms with E-state index in [0.717, 1.165) is 17.7 Å². The number of pyridine rings is 1. The van der Waals surface area contributed by atoms with Gasteiger partial charge in [0.15, 0.2) is 0 Å². The number of nitrogen functional groups attached to an aromatic ring is 1. The van der Waals surface area contributed by atoms with Crippen molar-refractivity contribution in [3.63, 3.8) is 0 Å². The standard InChI is InChI=1S/C13H12F2N2/c14-11-5-6-12(15)10(8-11)4-3-9-2-1-7-17-13(9)16/h1-2,5-8H,3-4H2,(H2,16,17). The van der Waals surface area contributed by atoms with Crippen molar-refractivity contribution in [2.45, 2.75) is 12.8 Å². The Hall–Kier alpha value is -1.97.